The van der Waals surface area contributed by atoms with Crippen LogP contribution in [0.1, 0.15) is 6.92 Å². The molecule has 0 saturated heterocycles. The SMILES string of the molecule is CC1=CN(N)CN1. The van der Waals surface area contributed by atoms with E-state index >= 15 is 0 Å². The number of nitrogens with one attached hydrogen (secondary N) is 1. The fourth-order valence-corrected chi connectivity index (χ4v) is 0.556. The standard InChI is InChI=1S/C4H9N3/c1-4-2-7(5)3-6-4/h2,6H,3,5H2,1H3. The van der Waals surface area contributed by atoms with E-state index in [0.717, 1.165) is 12.4 Å². The lowest BCUT2D eigenvalue weighted by molar-refractivity contribution is 0.410. The van der Waals surface area contributed by atoms with Crippen molar-refractivity contribution in [3.8, 4) is 0 Å². The maximum Gasteiger partial charge on any atom is 0.102 e. The third kappa shape index (κ3) is 0.838. The van der Waals surface area contributed by atoms with Gasteiger partial charge in [-0.05, 0) is 6.92 Å². The minimum Gasteiger partial charge on any atom is -0.369 e. The molecular weight excluding hydrogens is 90.1 g/mol. The highest BCUT2D eigenvalue weighted by atomic mass is 15.5. The Morgan fingerprint density at radius 2 is 2.71 bits per heavy atom. The van der Waals surface area contributed by atoms with E-state index < -0.39 is 0 Å². The Balaban J connectivity index is 2.50. The Morgan fingerprint density at radius 1 is 2.00 bits per heavy atom. The van der Waals surface area contributed by atoms with Gasteiger partial charge in [-0.15, -0.1) is 0 Å². The van der Waals surface area contributed by atoms with Crippen molar-refractivity contribution in [2.45, 2.75) is 6.92 Å². The molecule has 0 aliphatic carbocycles. The predicted molar refractivity (Wildman–Crippen MR) is 27.8 cm³/mol. The van der Waals surface area contributed by atoms with Gasteiger partial charge in [0.1, 0.15) is 6.67 Å². The molecular formula is C4H9N3. The molecule has 7 heavy (non-hydrogen) atoms. The number of allylic oxidation sites excluding steroid dienone is 1. The van der Waals surface area contributed by atoms with Crippen molar-refractivity contribution >= 4 is 0 Å². The first-order chi connectivity index (χ1) is 3.29. The van der Waals surface area contributed by atoms with Crippen LogP contribution in [0.15, 0.2) is 11.9 Å². The number of nitrogens with zero attached hydrogens (tertiary/aromatic N) is 1. The average molecular weight is 99.1 g/mol. The van der Waals surface area contributed by atoms with E-state index in [1.807, 2.05) is 13.1 Å². The summed E-state index contributed by atoms with van der Waals surface area (Å²) in [5.41, 5.74) is 1.13. The van der Waals surface area contributed by atoms with Gasteiger partial charge in [-0.3, -0.25) is 5.01 Å². The summed E-state index contributed by atoms with van der Waals surface area (Å²) in [5, 5.41) is 4.64. The van der Waals surface area contributed by atoms with Crippen LogP contribution in [-0.2, 0) is 0 Å². The quantitative estimate of drug-likeness (QED) is 0.405. The van der Waals surface area contributed by atoms with Crippen LogP contribution in [-0.4, -0.2) is 11.7 Å². The smallest absolute Gasteiger partial charge is 0.102 e. The second-order valence-corrected chi connectivity index (χ2v) is 1.66. The van der Waals surface area contributed by atoms with Crippen LogP contribution in [0.3, 0.4) is 0 Å². The molecule has 40 valence electrons. The average Bonchev–Trinajstić information content (AvgIpc) is 1.87. The van der Waals surface area contributed by atoms with Crippen molar-refractivity contribution in [2.75, 3.05) is 6.67 Å². The van der Waals surface area contributed by atoms with E-state index in [4.69, 9.17) is 5.84 Å². The van der Waals surface area contributed by atoms with Gasteiger partial charge in [-0.2, -0.15) is 0 Å². The second kappa shape index (κ2) is 1.42. The number of hydrogen-bond acceptors (Lipinski definition) is 3. The van der Waals surface area contributed by atoms with Gasteiger partial charge in [-0.25, -0.2) is 5.84 Å². The lowest BCUT2D eigenvalue weighted by Gasteiger charge is -2.02. The lowest BCUT2D eigenvalue weighted by atomic mass is 10.6. The van der Waals surface area contributed by atoms with Crippen LogP contribution in [0.25, 0.3) is 0 Å². The van der Waals surface area contributed by atoms with Gasteiger partial charge in [0.15, 0.2) is 0 Å². The van der Waals surface area contributed by atoms with Crippen molar-refractivity contribution in [3.63, 3.8) is 0 Å². The molecule has 3 N–H and O–H groups in total. The van der Waals surface area contributed by atoms with Crippen LogP contribution in [0.4, 0.5) is 0 Å². The summed E-state index contributed by atoms with van der Waals surface area (Å²) in [6.07, 6.45) is 1.86. The molecule has 0 aromatic heterocycles. The van der Waals surface area contributed by atoms with Crippen molar-refractivity contribution in [1.82, 2.24) is 10.3 Å². The Morgan fingerprint density at radius 3 is 2.86 bits per heavy atom. The molecule has 0 saturated carbocycles. The topological polar surface area (TPSA) is 41.3 Å². The highest BCUT2D eigenvalue weighted by Crippen LogP contribution is 1.94. The molecule has 0 fully saturated rings. The maximum absolute atomic E-state index is 5.32. The molecule has 0 aromatic rings. The number of rotatable bonds is 0. The minimum absolute atomic E-state index is 0.742. The first-order valence-electron chi connectivity index (χ1n) is 2.22. The number of nitrogens with two attached hydrogens (primary N) is 1. The Bertz CT molecular complexity index is 97.1. The van der Waals surface area contributed by atoms with E-state index in [1.54, 1.807) is 5.01 Å². The van der Waals surface area contributed by atoms with Crippen molar-refractivity contribution in [2.24, 2.45) is 5.84 Å². The van der Waals surface area contributed by atoms with Crippen molar-refractivity contribution in [1.29, 1.82) is 0 Å². The van der Waals surface area contributed by atoms with E-state index in [9.17, 15) is 0 Å². The summed E-state index contributed by atoms with van der Waals surface area (Å²) >= 11 is 0. The summed E-state index contributed by atoms with van der Waals surface area (Å²) in [5.74, 6) is 5.32. The van der Waals surface area contributed by atoms with Gasteiger partial charge in [0.2, 0.25) is 0 Å². The largest absolute Gasteiger partial charge is 0.369 e. The van der Waals surface area contributed by atoms with Crippen LogP contribution in [0.2, 0.25) is 0 Å². The van der Waals surface area contributed by atoms with Crippen LogP contribution in [0, 0.1) is 0 Å². The lowest BCUT2D eigenvalue weighted by Crippen LogP contribution is -2.27. The Hall–Kier alpha value is -0.700. The molecule has 1 heterocycles. The molecule has 1 rings (SSSR count). The molecule has 1 aliphatic heterocycles. The van der Waals surface area contributed by atoms with Crippen LogP contribution in [0.5, 0.6) is 0 Å². The highest BCUT2D eigenvalue weighted by Gasteiger charge is 1.99. The fraction of sp³-hybridized carbons (Fsp3) is 0.500. The highest BCUT2D eigenvalue weighted by molar-refractivity contribution is 4.98. The van der Waals surface area contributed by atoms with Gasteiger partial charge < -0.3 is 5.32 Å². The van der Waals surface area contributed by atoms with E-state index in [-0.39, 0.29) is 0 Å². The number of hydrazine groups is 1. The van der Waals surface area contributed by atoms with E-state index in [1.165, 1.54) is 0 Å². The first kappa shape index (κ1) is 4.46. The second-order valence-electron chi connectivity index (χ2n) is 1.66. The zero-order valence-electron chi connectivity index (χ0n) is 4.31. The monoisotopic (exact) mass is 99.1 g/mol. The Kier molecular flexibility index (Phi) is 0.906. The van der Waals surface area contributed by atoms with Gasteiger partial charge >= 0.3 is 0 Å². The summed E-state index contributed by atoms with van der Waals surface area (Å²) in [4.78, 5) is 0. The van der Waals surface area contributed by atoms with E-state index in [0.29, 0.717) is 0 Å². The maximum atomic E-state index is 5.32. The third-order valence-corrected chi connectivity index (χ3v) is 0.900. The molecule has 0 amide bonds. The van der Waals surface area contributed by atoms with Crippen molar-refractivity contribution in [3.05, 3.63) is 11.9 Å². The normalized spacial score (nSPS) is 19.1. The molecule has 0 spiro atoms. The molecule has 0 radical (unpaired) electrons. The van der Waals surface area contributed by atoms with Crippen LogP contribution < -0.4 is 11.2 Å². The fourth-order valence-electron chi connectivity index (χ4n) is 0.556. The summed E-state index contributed by atoms with van der Waals surface area (Å²) in [7, 11) is 0. The number of hydrogen-bond donors (Lipinski definition) is 2. The molecule has 1 aliphatic rings. The molecule has 0 unspecified atom stereocenters. The summed E-state index contributed by atoms with van der Waals surface area (Å²) < 4.78 is 0. The third-order valence-electron chi connectivity index (χ3n) is 0.900. The first-order valence-corrected chi connectivity index (χ1v) is 2.22. The Labute approximate surface area is 42.8 Å². The minimum atomic E-state index is 0.742. The van der Waals surface area contributed by atoms with Gasteiger partial charge in [-0.1, -0.05) is 0 Å². The predicted octanol–water partition coefficient (Wildman–Crippen LogP) is -0.416. The zero-order valence-corrected chi connectivity index (χ0v) is 4.31. The van der Waals surface area contributed by atoms with E-state index in [2.05, 4.69) is 5.32 Å². The zero-order chi connectivity index (χ0) is 5.28. The summed E-state index contributed by atoms with van der Waals surface area (Å²) in [6.45, 7) is 2.72. The van der Waals surface area contributed by atoms with Crippen LogP contribution >= 0.6 is 0 Å². The van der Waals surface area contributed by atoms with Crippen molar-refractivity contribution < 1.29 is 0 Å². The molecule has 3 heteroatoms. The molecule has 0 atom stereocenters. The van der Waals surface area contributed by atoms with Gasteiger partial charge in [0.25, 0.3) is 0 Å². The summed E-state index contributed by atoms with van der Waals surface area (Å²) in [6, 6.07) is 0. The van der Waals surface area contributed by atoms with Gasteiger partial charge in [0.05, 0.1) is 0 Å². The molecule has 0 bridgehead atoms. The van der Waals surface area contributed by atoms with Gasteiger partial charge in [0, 0.05) is 11.9 Å². The molecule has 3 nitrogen and oxygen atoms in total. The molecule has 0 aromatic carbocycles.